The van der Waals surface area contributed by atoms with Crippen LogP contribution in [0.15, 0.2) is 41.2 Å². The van der Waals surface area contributed by atoms with E-state index in [9.17, 15) is 4.79 Å². The Hall–Kier alpha value is -3.24. The predicted molar refractivity (Wildman–Crippen MR) is 142 cm³/mol. The van der Waals surface area contributed by atoms with E-state index in [2.05, 4.69) is 76.6 Å². The van der Waals surface area contributed by atoms with Crippen molar-refractivity contribution in [2.75, 3.05) is 18.0 Å². The maximum Gasteiger partial charge on any atom is 0.350 e. The molecule has 2 aromatic heterocycles. The van der Waals surface area contributed by atoms with Crippen LogP contribution in [0.2, 0.25) is 0 Å². The molecule has 0 N–H and O–H groups in total. The van der Waals surface area contributed by atoms with Crippen molar-refractivity contribution in [3.63, 3.8) is 0 Å². The Morgan fingerprint density at radius 1 is 1.03 bits per heavy atom. The van der Waals surface area contributed by atoms with Gasteiger partial charge in [-0.05, 0) is 43.9 Å². The topological polar surface area (TPSA) is 58.6 Å². The van der Waals surface area contributed by atoms with Crippen molar-refractivity contribution >= 4 is 22.7 Å². The number of anilines is 1. The van der Waals surface area contributed by atoms with Gasteiger partial charge in [-0.2, -0.15) is 4.98 Å². The van der Waals surface area contributed by atoms with Crippen LogP contribution in [0.25, 0.3) is 15.9 Å². The summed E-state index contributed by atoms with van der Waals surface area (Å²) in [5.41, 5.74) is 3.70. The number of fused-ring (bicyclic) bond motifs is 1. The summed E-state index contributed by atoms with van der Waals surface area (Å²) in [4.78, 5) is 30.4. The third-order valence-corrected chi connectivity index (χ3v) is 7.41. The standard InChI is InChI=1S/C28H36N6O/c1-7-10-23(20-13-11-19(4)12-14-20)33-17-22(9-3)34(18-21(33)8-2)27-26-24(32(6)28(35)31-27)15-16-25(29-5)30-26/h11-16,21-23H,7-10,17-18H2,1-4,6H3/t21-,22+,23+/m1/s1. The number of benzene rings is 1. The van der Waals surface area contributed by atoms with Gasteiger partial charge in [-0.25, -0.2) is 4.79 Å². The molecular formula is C28H36N6O. The molecule has 0 amide bonds. The minimum Gasteiger partial charge on any atom is -0.361 e. The third kappa shape index (κ3) is 4.81. The smallest absolute Gasteiger partial charge is 0.350 e. The Kier molecular flexibility index (Phi) is 7.51. The summed E-state index contributed by atoms with van der Waals surface area (Å²) in [5.74, 6) is 0.932. The van der Waals surface area contributed by atoms with Crippen LogP contribution in [-0.2, 0) is 7.05 Å². The summed E-state index contributed by atoms with van der Waals surface area (Å²) in [5, 5.41) is 0. The lowest BCUT2D eigenvalue weighted by Crippen LogP contribution is -2.59. The number of piperazine rings is 1. The first-order valence-corrected chi connectivity index (χ1v) is 12.8. The Labute approximate surface area is 208 Å². The maximum atomic E-state index is 12.8. The number of aromatic nitrogens is 3. The second-order valence-electron chi connectivity index (χ2n) is 9.61. The van der Waals surface area contributed by atoms with Gasteiger partial charge in [-0.1, -0.05) is 63.6 Å². The second-order valence-corrected chi connectivity index (χ2v) is 9.61. The lowest BCUT2D eigenvalue weighted by molar-refractivity contribution is 0.0865. The van der Waals surface area contributed by atoms with Gasteiger partial charge in [-0.15, -0.1) is 4.98 Å². The van der Waals surface area contributed by atoms with Crippen LogP contribution in [0.3, 0.4) is 0 Å². The largest absolute Gasteiger partial charge is 0.361 e. The molecule has 1 aliphatic heterocycles. The highest BCUT2D eigenvalue weighted by Crippen LogP contribution is 2.36. The van der Waals surface area contributed by atoms with E-state index in [0.717, 1.165) is 38.8 Å². The van der Waals surface area contributed by atoms with E-state index in [1.807, 2.05) is 6.07 Å². The highest BCUT2D eigenvalue weighted by Gasteiger charge is 2.38. The SMILES string of the molecule is [C-]#[N+]c1ccc2c(n1)c(N1C[C@@H](CC)N([C@@H](CCC)c3ccc(C)cc3)C[C@@H]1CC)nc(=O)n2C. The van der Waals surface area contributed by atoms with Crippen molar-refractivity contribution in [1.29, 1.82) is 0 Å². The van der Waals surface area contributed by atoms with Crippen molar-refractivity contribution in [2.24, 2.45) is 7.05 Å². The number of nitrogens with zero attached hydrogens (tertiary/aromatic N) is 6. The summed E-state index contributed by atoms with van der Waals surface area (Å²) >= 11 is 0. The Morgan fingerprint density at radius 3 is 2.37 bits per heavy atom. The molecule has 1 aromatic carbocycles. The molecule has 1 fully saturated rings. The van der Waals surface area contributed by atoms with Crippen LogP contribution < -0.4 is 10.6 Å². The van der Waals surface area contributed by atoms with Crippen LogP contribution in [0, 0.1) is 13.5 Å². The molecule has 184 valence electrons. The van der Waals surface area contributed by atoms with Gasteiger partial charge in [0.05, 0.1) is 5.52 Å². The molecule has 35 heavy (non-hydrogen) atoms. The molecule has 0 bridgehead atoms. The number of hydrogen-bond acceptors (Lipinski definition) is 5. The van der Waals surface area contributed by atoms with Gasteiger partial charge in [0.15, 0.2) is 5.82 Å². The first kappa shape index (κ1) is 24.9. The molecule has 0 spiro atoms. The van der Waals surface area contributed by atoms with Crippen LogP contribution in [0.1, 0.15) is 63.6 Å². The van der Waals surface area contributed by atoms with Gasteiger partial charge in [0.1, 0.15) is 0 Å². The van der Waals surface area contributed by atoms with E-state index in [1.165, 1.54) is 15.7 Å². The maximum absolute atomic E-state index is 12.8. The molecule has 3 aromatic rings. The first-order valence-electron chi connectivity index (χ1n) is 12.8. The quantitative estimate of drug-likeness (QED) is 0.431. The third-order valence-electron chi connectivity index (χ3n) is 7.41. The highest BCUT2D eigenvalue weighted by molar-refractivity contribution is 5.87. The summed E-state index contributed by atoms with van der Waals surface area (Å²) < 4.78 is 1.52. The molecule has 0 saturated carbocycles. The van der Waals surface area contributed by atoms with Gasteiger partial charge >= 0.3 is 5.69 Å². The van der Waals surface area contributed by atoms with Crippen molar-refractivity contribution in [2.45, 2.75) is 71.5 Å². The first-order chi connectivity index (χ1) is 16.9. The van der Waals surface area contributed by atoms with Crippen LogP contribution >= 0.6 is 0 Å². The Balaban J connectivity index is 1.77. The van der Waals surface area contributed by atoms with Crippen molar-refractivity contribution in [3.05, 3.63) is 69.4 Å². The minimum atomic E-state index is -0.293. The number of aryl methyl sites for hydroxylation is 2. The van der Waals surface area contributed by atoms with Gasteiger partial charge in [0, 0.05) is 38.3 Å². The molecule has 4 rings (SSSR count). The molecule has 0 aliphatic carbocycles. The average molecular weight is 473 g/mol. The molecule has 1 saturated heterocycles. The molecule has 1 aliphatic rings. The van der Waals surface area contributed by atoms with Gasteiger partial charge < -0.3 is 9.74 Å². The minimum absolute atomic E-state index is 0.198. The molecular weight excluding hydrogens is 436 g/mol. The fourth-order valence-electron chi connectivity index (χ4n) is 5.37. The van der Waals surface area contributed by atoms with E-state index in [4.69, 9.17) is 6.57 Å². The van der Waals surface area contributed by atoms with E-state index < -0.39 is 0 Å². The molecule has 7 nitrogen and oxygen atoms in total. The summed E-state index contributed by atoms with van der Waals surface area (Å²) in [7, 11) is 1.71. The zero-order valence-electron chi connectivity index (χ0n) is 21.5. The summed E-state index contributed by atoms with van der Waals surface area (Å²) in [6.45, 7) is 17.9. The molecule has 0 unspecified atom stereocenters. The zero-order chi connectivity index (χ0) is 25.1. The lowest BCUT2D eigenvalue weighted by atomic mass is 9.93. The average Bonchev–Trinajstić information content (AvgIpc) is 2.89. The van der Waals surface area contributed by atoms with Gasteiger partial charge in [0.2, 0.25) is 5.52 Å². The van der Waals surface area contributed by atoms with Crippen LogP contribution in [-0.4, -0.2) is 44.6 Å². The van der Waals surface area contributed by atoms with Crippen molar-refractivity contribution in [3.8, 4) is 0 Å². The second kappa shape index (κ2) is 10.6. The fourth-order valence-corrected chi connectivity index (χ4v) is 5.37. The van der Waals surface area contributed by atoms with Crippen LogP contribution in [0.4, 0.5) is 11.6 Å². The van der Waals surface area contributed by atoms with E-state index in [-0.39, 0.29) is 11.7 Å². The Bertz CT molecular complexity index is 1280. The monoisotopic (exact) mass is 472 g/mol. The van der Waals surface area contributed by atoms with Crippen LogP contribution in [0.5, 0.6) is 0 Å². The molecule has 0 radical (unpaired) electrons. The number of pyridine rings is 1. The number of hydrogen-bond donors (Lipinski definition) is 0. The summed E-state index contributed by atoms with van der Waals surface area (Å²) in [6, 6.07) is 13.3. The zero-order valence-corrected chi connectivity index (χ0v) is 21.5. The molecule has 3 atom stereocenters. The summed E-state index contributed by atoms with van der Waals surface area (Å²) in [6.07, 6.45) is 4.16. The van der Waals surface area contributed by atoms with Crippen molar-refractivity contribution in [1.82, 2.24) is 19.4 Å². The molecule has 3 heterocycles. The molecule has 7 heteroatoms. The van der Waals surface area contributed by atoms with E-state index >= 15 is 0 Å². The van der Waals surface area contributed by atoms with E-state index in [1.54, 1.807) is 13.1 Å². The normalized spacial score (nSPS) is 19.6. The van der Waals surface area contributed by atoms with E-state index in [0.29, 0.717) is 34.8 Å². The number of rotatable bonds is 7. The predicted octanol–water partition coefficient (Wildman–Crippen LogP) is 5.41. The fraction of sp³-hybridized carbons (Fsp3) is 0.500. The van der Waals surface area contributed by atoms with Crippen molar-refractivity contribution < 1.29 is 0 Å². The lowest BCUT2D eigenvalue weighted by Gasteiger charge is -2.49. The highest BCUT2D eigenvalue weighted by atomic mass is 16.1. The Morgan fingerprint density at radius 2 is 1.74 bits per heavy atom. The van der Waals surface area contributed by atoms with Gasteiger partial charge in [0.25, 0.3) is 5.82 Å². The van der Waals surface area contributed by atoms with Gasteiger partial charge in [-0.3, -0.25) is 9.47 Å².